The molecule has 1 saturated carbocycles. The Bertz CT molecular complexity index is 1200. The molecule has 1 aromatic carbocycles. The van der Waals surface area contributed by atoms with E-state index in [1.165, 1.54) is 22.8 Å². The Morgan fingerprint density at radius 3 is 2.84 bits per heavy atom. The van der Waals surface area contributed by atoms with Gasteiger partial charge >= 0.3 is 0 Å². The molecule has 2 bridgehead atoms. The van der Waals surface area contributed by atoms with Gasteiger partial charge in [0, 0.05) is 36.0 Å². The number of benzene rings is 1. The highest BCUT2D eigenvalue weighted by Crippen LogP contribution is 2.36. The number of aromatic nitrogens is 3. The van der Waals surface area contributed by atoms with Gasteiger partial charge in [0.05, 0.1) is 36.1 Å². The molecule has 32 heavy (non-hydrogen) atoms. The summed E-state index contributed by atoms with van der Waals surface area (Å²) in [5.41, 5.74) is 1.36. The molecule has 1 aliphatic carbocycles. The summed E-state index contributed by atoms with van der Waals surface area (Å²) >= 11 is 5.75. The van der Waals surface area contributed by atoms with Gasteiger partial charge in [-0.05, 0) is 42.7 Å². The molecule has 1 saturated heterocycles. The number of halogens is 2. The van der Waals surface area contributed by atoms with Crippen LogP contribution in [0.4, 0.5) is 10.3 Å². The van der Waals surface area contributed by atoms with Gasteiger partial charge in [-0.2, -0.15) is 0 Å². The largest absolute Gasteiger partial charge is 0.394 e. The van der Waals surface area contributed by atoms with E-state index in [0.29, 0.717) is 40.8 Å². The van der Waals surface area contributed by atoms with Gasteiger partial charge in [-0.25, -0.2) is 14.4 Å². The molecule has 2 aliphatic rings. The number of aliphatic hydroxyl groups excluding tert-OH is 1. The first-order valence-corrected chi connectivity index (χ1v) is 10.9. The first kappa shape index (κ1) is 21.1. The monoisotopic (exact) mass is 456 g/mol. The Balaban J connectivity index is 1.39. The van der Waals surface area contributed by atoms with E-state index >= 15 is 0 Å². The molecule has 3 unspecified atom stereocenters. The number of aliphatic hydroxyl groups is 1. The maximum absolute atomic E-state index is 13.9. The summed E-state index contributed by atoms with van der Waals surface area (Å²) in [6, 6.07) is 8.73. The Kier molecular flexibility index (Phi) is 5.67. The van der Waals surface area contributed by atoms with Crippen molar-refractivity contribution in [2.24, 2.45) is 5.92 Å². The van der Waals surface area contributed by atoms with Gasteiger partial charge in [0.15, 0.2) is 0 Å². The summed E-state index contributed by atoms with van der Waals surface area (Å²) in [5.74, 6) is 0.397. The van der Waals surface area contributed by atoms with E-state index in [2.05, 4.69) is 15.3 Å². The van der Waals surface area contributed by atoms with Crippen molar-refractivity contribution in [2.75, 3.05) is 18.5 Å². The topological polar surface area (TPSA) is 89.3 Å². The third-order valence-electron chi connectivity index (χ3n) is 6.25. The minimum atomic E-state index is -0.731. The molecule has 7 nitrogen and oxygen atoms in total. The standard InChI is InChI=1S/C23H22ClFN4O3/c24-17-2-1-14(8-18(17)25)21(11-30)29-6-4-13(9-22(29)31)19-3-5-26-23(27-19)28-20-10-16-7-15(20)12-32-16/h1-6,8-9,15-16,20-21,30H,7,10-12H2,(H,26,27,28)/t15-,16?,20?,21?/m0/s1. The molecule has 0 spiro atoms. The molecule has 4 atom stereocenters. The number of rotatable bonds is 6. The lowest BCUT2D eigenvalue weighted by Crippen LogP contribution is -2.30. The summed E-state index contributed by atoms with van der Waals surface area (Å²) < 4.78 is 20.9. The fourth-order valence-corrected chi connectivity index (χ4v) is 4.68. The van der Waals surface area contributed by atoms with Gasteiger partial charge in [0.25, 0.3) is 5.56 Å². The average Bonchev–Trinajstić information content (AvgIpc) is 3.41. The van der Waals surface area contributed by atoms with Crippen molar-refractivity contribution in [1.82, 2.24) is 14.5 Å². The van der Waals surface area contributed by atoms with Gasteiger partial charge < -0.3 is 19.7 Å². The number of hydrogen-bond donors (Lipinski definition) is 2. The minimum Gasteiger partial charge on any atom is -0.394 e. The van der Waals surface area contributed by atoms with Crippen molar-refractivity contribution < 1.29 is 14.2 Å². The number of nitrogens with one attached hydrogen (secondary N) is 1. The van der Waals surface area contributed by atoms with Crippen LogP contribution in [-0.2, 0) is 4.74 Å². The van der Waals surface area contributed by atoms with E-state index in [4.69, 9.17) is 16.3 Å². The molecule has 2 fully saturated rings. The zero-order valence-corrected chi connectivity index (χ0v) is 17.9. The van der Waals surface area contributed by atoms with Crippen LogP contribution in [0.5, 0.6) is 0 Å². The summed E-state index contributed by atoms with van der Waals surface area (Å²) in [5, 5.41) is 13.3. The summed E-state index contributed by atoms with van der Waals surface area (Å²) in [6.07, 6.45) is 5.57. The first-order chi connectivity index (χ1) is 15.5. The molecular formula is C23H22ClFN4O3. The maximum Gasteiger partial charge on any atom is 0.251 e. The fourth-order valence-electron chi connectivity index (χ4n) is 4.57. The third-order valence-corrected chi connectivity index (χ3v) is 6.56. The highest BCUT2D eigenvalue weighted by molar-refractivity contribution is 6.30. The van der Waals surface area contributed by atoms with Crippen molar-refractivity contribution in [3.63, 3.8) is 0 Å². The fraction of sp³-hybridized carbons (Fsp3) is 0.348. The molecule has 166 valence electrons. The molecule has 1 aliphatic heterocycles. The minimum absolute atomic E-state index is 0.0146. The molecule has 5 rings (SSSR count). The molecule has 2 aromatic heterocycles. The summed E-state index contributed by atoms with van der Waals surface area (Å²) in [4.78, 5) is 21.8. The van der Waals surface area contributed by atoms with E-state index in [9.17, 15) is 14.3 Å². The zero-order valence-electron chi connectivity index (χ0n) is 17.1. The van der Waals surface area contributed by atoms with E-state index in [1.807, 2.05) is 0 Å². The number of pyridine rings is 1. The predicted molar refractivity (Wildman–Crippen MR) is 118 cm³/mol. The second-order valence-electron chi connectivity index (χ2n) is 8.24. The van der Waals surface area contributed by atoms with Gasteiger partial charge in [-0.15, -0.1) is 0 Å². The van der Waals surface area contributed by atoms with E-state index < -0.39 is 11.9 Å². The van der Waals surface area contributed by atoms with Crippen LogP contribution in [0.15, 0.2) is 53.6 Å². The Labute approximate surface area is 188 Å². The summed E-state index contributed by atoms with van der Waals surface area (Å²) in [7, 11) is 0. The molecule has 2 N–H and O–H groups in total. The van der Waals surface area contributed by atoms with Crippen LogP contribution in [-0.4, -0.2) is 45.0 Å². The Morgan fingerprint density at radius 1 is 1.28 bits per heavy atom. The molecule has 0 radical (unpaired) electrons. The second-order valence-corrected chi connectivity index (χ2v) is 8.64. The Morgan fingerprint density at radius 2 is 2.16 bits per heavy atom. The van der Waals surface area contributed by atoms with Crippen LogP contribution in [0.2, 0.25) is 5.02 Å². The van der Waals surface area contributed by atoms with Crippen LogP contribution >= 0.6 is 11.6 Å². The number of nitrogens with zero attached hydrogens (tertiary/aromatic N) is 3. The number of fused-ring (bicyclic) bond motifs is 2. The van der Waals surface area contributed by atoms with Crippen LogP contribution in [0.1, 0.15) is 24.4 Å². The molecule has 3 aromatic rings. The molecular weight excluding hydrogens is 435 g/mol. The van der Waals surface area contributed by atoms with E-state index in [0.717, 1.165) is 19.4 Å². The quantitative estimate of drug-likeness (QED) is 0.591. The SMILES string of the molecule is O=c1cc(-c2ccnc(NC3CC4C[C@H]3CO4)n2)ccn1C(CO)c1ccc(Cl)c(F)c1. The second kappa shape index (κ2) is 8.61. The summed E-state index contributed by atoms with van der Waals surface area (Å²) in [6.45, 7) is 0.402. The van der Waals surface area contributed by atoms with Gasteiger partial charge in [-0.3, -0.25) is 4.79 Å². The number of hydrogen-bond acceptors (Lipinski definition) is 6. The van der Waals surface area contributed by atoms with Crippen molar-refractivity contribution >= 4 is 17.5 Å². The van der Waals surface area contributed by atoms with E-state index in [1.54, 1.807) is 30.6 Å². The van der Waals surface area contributed by atoms with Crippen molar-refractivity contribution in [1.29, 1.82) is 0 Å². The lowest BCUT2D eigenvalue weighted by molar-refractivity contribution is 0.0723. The van der Waals surface area contributed by atoms with Crippen molar-refractivity contribution in [3.8, 4) is 11.3 Å². The highest BCUT2D eigenvalue weighted by Gasteiger charge is 2.41. The van der Waals surface area contributed by atoms with Gasteiger partial charge in [0.2, 0.25) is 5.95 Å². The zero-order chi connectivity index (χ0) is 22.2. The molecule has 0 amide bonds. The predicted octanol–water partition coefficient (Wildman–Crippen LogP) is 3.27. The van der Waals surface area contributed by atoms with Gasteiger partial charge in [0.1, 0.15) is 5.82 Å². The number of anilines is 1. The third kappa shape index (κ3) is 4.01. The Hall–Kier alpha value is -2.81. The first-order valence-electron chi connectivity index (χ1n) is 10.5. The maximum atomic E-state index is 13.9. The van der Waals surface area contributed by atoms with E-state index in [-0.39, 0.29) is 17.2 Å². The van der Waals surface area contributed by atoms with Crippen molar-refractivity contribution in [3.05, 3.63) is 75.5 Å². The van der Waals surface area contributed by atoms with Gasteiger partial charge in [-0.1, -0.05) is 17.7 Å². The van der Waals surface area contributed by atoms with Crippen LogP contribution in [0.3, 0.4) is 0 Å². The van der Waals surface area contributed by atoms with Crippen LogP contribution in [0.25, 0.3) is 11.3 Å². The smallest absolute Gasteiger partial charge is 0.251 e. The van der Waals surface area contributed by atoms with Crippen LogP contribution in [0, 0.1) is 11.7 Å². The lowest BCUT2D eigenvalue weighted by atomic mass is 10.1. The van der Waals surface area contributed by atoms with Crippen LogP contribution < -0.4 is 10.9 Å². The highest BCUT2D eigenvalue weighted by atomic mass is 35.5. The number of ether oxygens (including phenoxy) is 1. The molecule has 3 heterocycles. The van der Waals surface area contributed by atoms with Crippen molar-refractivity contribution in [2.45, 2.75) is 31.0 Å². The lowest BCUT2D eigenvalue weighted by Gasteiger charge is -2.23. The molecule has 9 heteroatoms. The normalized spacial score (nSPS) is 22.8. The average molecular weight is 457 g/mol.